The maximum absolute atomic E-state index is 12.3. The fourth-order valence-corrected chi connectivity index (χ4v) is 1.33. The number of aromatic nitrogens is 3. The highest BCUT2D eigenvalue weighted by Crippen LogP contribution is 2.28. The van der Waals surface area contributed by atoms with E-state index in [0.717, 1.165) is 16.7 Å². The Morgan fingerprint density at radius 1 is 1.44 bits per heavy atom. The standard InChI is InChI=1S/C7H9F3N4OS/c1-13(2)6(15)14-5(16-3)11-4(12-14)7(8,9)10/h1-3H3. The lowest BCUT2D eigenvalue weighted by molar-refractivity contribution is -0.145. The molecule has 0 saturated heterocycles. The fraction of sp³-hybridized carbons (Fsp3) is 0.571. The second-order valence-corrected chi connectivity index (χ2v) is 3.78. The molecule has 9 heteroatoms. The van der Waals surface area contributed by atoms with E-state index in [1.807, 2.05) is 0 Å². The van der Waals surface area contributed by atoms with Crippen molar-refractivity contribution in [2.75, 3.05) is 20.4 Å². The summed E-state index contributed by atoms with van der Waals surface area (Å²) in [6, 6.07) is -0.674. The molecule has 1 aromatic heterocycles. The Morgan fingerprint density at radius 3 is 2.38 bits per heavy atom. The van der Waals surface area contributed by atoms with Gasteiger partial charge in [-0.3, -0.25) is 0 Å². The second-order valence-electron chi connectivity index (χ2n) is 3.01. The summed E-state index contributed by atoms with van der Waals surface area (Å²) in [5.41, 5.74) is 0. The molecule has 0 bridgehead atoms. The molecule has 1 amide bonds. The molecule has 0 spiro atoms. The van der Waals surface area contributed by atoms with Gasteiger partial charge in [0.1, 0.15) is 0 Å². The highest BCUT2D eigenvalue weighted by atomic mass is 32.2. The summed E-state index contributed by atoms with van der Waals surface area (Å²) >= 11 is 0.920. The molecule has 0 aliphatic rings. The van der Waals surface area contributed by atoms with Gasteiger partial charge in [0.15, 0.2) is 5.16 Å². The lowest BCUT2D eigenvalue weighted by Crippen LogP contribution is -2.29. The minimum absolute atomic E-state index is 0.0916. The van der Waals surface area contributed by atoms with Crippen LogP contribution >= 0.6 is 11.8 Å². The second kappa shape index (κ2) is 4.32. The van der Waals surface area contributed by atoms with E-state index >= 15 is 0 Å². The molecule has 0 aliphatic carbocycles. The predicted octanol–water partition coefficient (Wildman–Crippen LogP) is 1.55. The average molecular weight is 254 g/mol. The number of thioether (sulfide) groups is 1. The SMILES string of the molecule is CSc1nc(C(F)(F)F)nn1C(=O)N(C)C. The first kappa shape index (κ1) is 12.8. The summed E-state index contributed by atoms with van der Waals surface area (Å²) < 4.78 is 37.6. The van der Waals surface area contributed by atoms with Crippen molar-refractivity contribution in [2.24, 2.45) is 0 Å². The van der Waals surface area contributed by atoms with Crippen LogP contribution in [0.1, 0.15) is 5.82 Å². The molecule has 1 aromatic rings. The zero-order valence-electron chi connectivity index (χ0n) is 8.74. The van der Waals surface area contributed by atoms with Crippen molar-refractivity contribution in [3.8, 4) is 0 Å². The number of amides is 1. The third-order valence-electron chi connectivity index (χ3n) is 1.58. The van der Waals surface area contributed by atoms with Crippen LogP contribution in [-0.4, -0.2) is 46.0 Å². The highest BCUT2D eigenvalue weighted by Gasteiger charge is 2.38. The van der Waals surface area contributed by atoms with Crippen LogP contribution in [0.2, 0.25) is 0 Å². The van der Waals surface area contributed by atoms with E-state index in [1.165, 1.54) is 20.4 Å². The minimum Gasteiger partial charge on any atom is -0.329 e. The van der Waals surface area contributed by atoms with Crippen LogP contribution in [0.5, 0.6) is 0 Å². The average Bonchev–Trinajstić information content (AvgIpc) is 2.59. The molecule has 0 aliphatic heterocycles. The number of hydrogen-bond acceptors (Lipinski definition) is 4. The van der Waals surface area contributed by atoms with Crippen LogP contribution < -0.4 is 0 Å². The van der Waals surface area contributed by atoms with Gasteiger partial charge in [-0.2, -0.15) is 22.8 Å². The third-order valence-corrected chi connectivity index (χ3v) is 2.21. The van der Waals surface area contributed by atoms with Crippen LogP contribution in [0.3, 0.4) is 0 Å². The van der Waals surface area contributed by atoms with Gasteiger partial charge in [0.05, 0.1) is 0 Å². The van der Waals surface area contributed by atoms with E-state index in [0.29, 0.717) is 4.68 Å². The lowest BCUT2D eigenvalue weighted by Gasteiger charge is -2.09. The molecule has 1 rings (SSSR count). The van der Waals surface area contributed by atoms with Gasteiger partial charge in [-0.25, -0.2) is 4.79 Å². The van der Waals surface area contributed by atoms with Crippen molar-refractivity contribution in [3.05, 3.63) is 5.82 Å². The van der Waals surface area contributed by atoms with Gasteiger partial charge in [-0.05, 0) is 6.26 Å². The summed E-state index contributed by atoms with van der Waals surface area (Å²) in [5.74, 6) is -1.31. The molecule has 90 valence electrons. The van der Waals surface area contributed by atoms with Crippen molar-refractivity contribution < 1.29 is 18.0 Å². The molecule has 1 heterocycles. The summed E-state index contributed by atoms with van der Waals surface area (Å²) in [6.07, 6.45) is -3.13. The number of rotatable bonds is 1. The van der Waals surface area contributed by atoms with Crippen LogP contribution in [0.15, 0.2) is 5.16 Å². The summed E-state index contributed by atoms with van der Waals surface area (Å²) in [5, 5.41) is 3.05. The number of alkyl halides is 3. The third kappa shape index (κ3) is 2.46. The van der Waals surface area contributed by atoms with E-state index in [1.54, 1.807) is 0 Å². The van der Waals surface area contributed by atoms with Gasteiger partial charge in [-0.1, -0.05) is 11.8 Å². The molecular weight excluding hydrogens is 245 g/mol. The number of halogens is 3. The normalized spacial score (nSPS) is 11.6. The van der Waals surface area contributed by atoms with E-state index in [4.69, 9.17) is 0 Å². The Hall–Kier alpha value is -1.25. The molecule has 0 saturated carbocycles. The minimum atomic E-state index is -4.65. The summed E-state index contributed by atoms with van der Waals surface area (Å²) in [7, 11) is 2.84. The molecule has 0 radical (unpaired) electrons. The van der Waals surface area contributed by atoms with Gasteiger partial charge in [0.2, 0.25) is 0 Å². The van der Waals surface area contributed by atoms with Crippen molar-refractivity contribution in [2.45, 2.75) is 11.3 Å². The van der Waals surface area contributed by atoms with Crippen LogP contribution in [-0.2, 0) is 6.18 Å². The van der Waals surface area contributed by atoms with Gasteiger partial charge >= 0.3 is 12.2 Å². The fourth-order valence-electron chi connectivity index (χ4n) is 0.864. The maximum Gasteiger partial charge on any atom is 0.453 e. The van der Waals surface area contributed by atoms with E-state index < -0.39 is 18.0 Å². The molecule has 0 N–H and O–H groups in total. The highest BCUT2D eigenvalue weighted by molar-refractivity contribution is 7.98. The smallest absolute Gasteiger partial charge is 0.329 e. The zero-order chi connectivity index (χ0) is 12.5. The largest absolute Gasteiger partial charge is 0.453 e. The molecule has 5 nitrogen and oxygen atoms in total. The van der Waals surface area contributed by atoms with Gasteiger partial charge in [0, 0.05) is 14.1 Å². The topological polar surface area (TPSA) is 51.0 Å². The molecule has 0 aromatic carbocycles. The molecule has 0 atom stereocenters. The first-order chi connectivity index (χ1) is 7.27. The Balaban J connectivity index is 3.19. The molecular formula is C7H9F3N4OS. The van der Waals surface area contributed by atoms with Gasteiger partial charge in [-0.15, -0.1) is 5.10 Å². The van der Waals surface area contributed by atoms with Crippen LogP contribution in [0.4, 0.5) is 18.0 Å². The summed E-state index contributed by atoms with van der Waals surface area (Å²) in [6.45, 7) is 0. The first-order valence-electron chi connectivity index (χ1n) is 4.07. The van der Waals surface area contributed by atoms with Gasteiger partial charge in [0.25, 0.3) is 5.82 Å². The predicted molar refractivity (Wildman–Crippen MR) is 51.3 cm³/mol. The molecule has 0 fully saturated rings. The van der Waals surface area contributed by atoms with E-state index in [9.17, 15) is 18.0 Å². The van der Waals surface area contributed by atoms with Crippen molar-refractivity contribution in [1.82, 2.24) is 19.7 Å². The number of hydrogen-bond donors (Lipinski definition) is 0. The van der Waals surface area contributed by atoms with Gasteiger partial charge < -0.3 is 4.90 Å². The maximum atomic E-state index is 12.3. The van der Waals surface area contributed by atoms with Crippen LogP contribution in [0, 0.1) is 0 Å². The van der Waals surface area contributed by atoms with Crippen LogP contribution in [0.25, 0.3) is 0 Å². The number of nitrogens with zero attached hydrogens (tertiary/aromatic N) is 4. The Bertz CT molecular complexity index is 401. The Kier molecular flexibility index (Phi) is 3.46. The number of carbonyl (C=O) groups is 1. The summed E-state index contributed by atoms with van der Waals surface area (Å²) in [4.78, 5) is 15.8. The van der Waals surface area contributed by atoms with E-state index in [-0.39, 0.29) is 5.16 Å². The number of carbonyl (C=O) groups excluding carboxylic acids is 1. The zero-order valence-corrected chi connectivity index (χ0v) is 9.56. The quantitative estimate of drug-likeness (QED) is 0.713. The van der Waals surface area contributed by atoms with Crippen molar-refractivity contribution in [3.63, 3.8) is 0 Å². The first-order valence-corrected chi connectivity index (χ1v) is 5.29. The molecule has 16 heavy (non-hydrogen) atoms. The van der Waals surface area contributed by atoms with Crippen molar-refractivity contribution >= 4 is 17.8 Å². The Morgan fingerprint density at radius 2 is 2.00 bits per heavy atom. The van der Waals surface area contributed by atoms with Crippen molar-refractivity contribution in [1.29, 1.82) is 0 Å². The lowest BCUT2D eigenvalue weighted by atomic mass is 10.6. The Labute approximate surface area is 93.6 Å². The van der Waals surface area contributed by atoms with E-state index in [2.05, 4.69) is 10.1 Å². The molecule has 0 unspecified atom stereocenters. The monoisotopic (exact) mass is 254 g/mol.